The number of benzene rings is 8. The topological polar surface area (TPSA) is 57.4 Å². The Bertz CT molecular complexity index is 3590. The first kappa shape index (κ1) is 38.3. The van der Waals surface area contributed by atoms with Gasteiger partial charge in [0.05, 0.1) is 62.3 Å². The van der Waals surface area contributed by atoms with Gasteiger partial charge in [-0.3, -0.25) is 0 Å². The maximum Gasteiger partial charge on any atom is 0.417 e. The van der Waals surface area contributed by atoms with Gasteiger partial charge in [0.1, 0.15) is 0 Å². The van der Waals surface area contributed by atoms with E-state index in [1.807, 2.05) is 42.5 Å². The van der Waals surface area contributed by atoms with Crippen LogP contribution >= 0.6 is 0 Å². The number of halogens is 3. The van der Waals surface area contributed by atoms with Crippen molar-refractivity contribution in [2.75, 3.05) is 0 Å². The lowest BCUT2D eigenvalue weighted by Gasteiger charge is -2.21. The fourth-order valence-corrected chi connectivity index (χ4v) is 9.48. The Kier molecular flexibility index (Phi) is 8.91. The van der Waals surface area contributed by atoms with Gasteiger partial charge in [-0.15, -0.1) is 0 Å². The smallest absolute Gasteiger partial charge is 0.307 e. The molecule has 0 aliphatic carbocycles. The molecule has 0 N–H and O–H groups in total. The lowest BCUT2D eigenvalue weighted by molar-refractivity contribution is -0.137. The molecule has 0 aliphatic heterocycles. The molecule has 2 aromatic heterocycles. The Morgan fingerprint density at radius 2 is 0.919 bits per heavy atom. The molecular formula is C55H37F3N4. The van der Waals surface area contributed by atoms with Crippen molar-refractivity contribution < 1.29 is 13.2 Å². The molecule has 0 fully saturated rings. The monoisotopic (exact) mass is 810 g/mol. The first-order valence-corrected chi connectivity index (χ1v) is 20.4. The average molecular weight is 811 g/mol. The minimum Gasteiger partial charge on any atom is -0.307 e. The van der Waals surface area contributed by atoms with Crippen molar-refractivity contribution in [3.05, 3.63) is 191 Å². The van der Waals surface area contributed by atoms with Gasteiger partial charge in [0.25, 0.3) is 0 Å². The molecule has 0 bridgehead atoms. The third kappa shape index (κ3) is 6.05. The van der Waals surface area contributed by atoms with E-state index in [0.29, 0.717) is 11.4 Å². The van der Waals surface area contributed by atoms with E-state index >= 15 is 0 Å². The highest BCUT2D eigenvalue weighted by molar-refractivity contribution is 6.13. The number of rotatable bonds is 5. The predicted molar refractivity (Wildman–Crippen MR) is 245 cm³/mol. The maximum absolute atomic E-state index is 15.0. The van der Waals surface area contributed by atoms with E-state index < -0.39 is 11.7 Å². The van der Waals surface area contributed by atoms with E-state index in [-0.39, 0.29) is 22.3 Å². The van der Waals surface area contributed by atoms with Crippen LogP contribution in [0.5, 0.6) is 0 Å². The maximum atomic E-state index is 15.0. The van der Waals surface area contributed by atoms with Gasteiger partial charge < -0.3 is 9.13 Å². The Morgan fingerprint density at radius 1 is 0.435 bits per heavy atom. The van der Waals surface area contributed by atoms with Crippen molar-refractivity contribution in [2.45, 2.75) is 33.9 Å². The number of para-hydroxylation sites is 2. The summed E-state index contributed by atoms with van der Waals surface area (Å²) in [7, 11) is 0. The van der Waals surface area contributed by atoms with E-state index in [9.17, 15) is 23.7 Å². The Labute approximate surface area is 356 Å². The van der Waals surface area contributed by atoms with Gasteiger partial charge in [-0.25, -0.2) is 0 Å². The molecule has 4 nitrogen and oxygen atoms in total. The zero-order valence-electron chi connectivity index (χ0n) is 34.4. The number of aryl methyl sites for hydroxylation is 4. The normalized spacial score (nSPS) is 11.8. The second-order valence-electron chi connectivity index (χ2n) is 16.1. The van der Waals surface area contributed by atoms with Gasteiger partial charge in [-0.2, -0.15) is 23.7 Å². The predicted octanol–water partition coefficient (Wildman–Crippen LogP) is 14.9. The molecule has 7 heteroatoms. The molecule has 62 heavy (non-hydrogen) atoms. The number of fused-ring (bicyclic) bond motifs is 6. The molecule has 8 aromatic carbocycles. The van der Waals surface area contributed by atoms with Crippen LogP contribution in [0.15, 0.2) is 152 Å². The summed E-state index contributed by atoms with van der Waals surface area (Å²) in [6.45, 7) is 8.37. The average Bonchev–Trinajstić information content (AvgIpc) is 3.77. The van der Waals surface area contributed by atoms with Gasteiger partial charge in [0.2, 0.25) is 0 Å². The number of nitrogens with zero attached hydrogens (tertiary/aromatic N) is 4. The largest absolute Gasteiger partial charge is 0.417 e. The molecule has 0 aliphatic rings. The SMILES string of the molecule is Cc1ccc(-c2ccc3c(c2)c2ccccc2n3-c2cc(C#N)c(-c3c(C#N)cccc3C(F)(F)F)cc2-n2c3ccccc3c3cc(-c4ccc(C)cc4C)ccc32)c(C)c1. The summed E-state index contributed by atoms with van der Waals surface area (Å²) in [6, 6.07) is 52.8. The van der Waals surface area contributed by atoms with Crippen LogP contribution in [-0.2, 0) is 6.18 Å². The standard InChI is InChI=1S/C55H37F3N4/c1-32-16-20-40(34(3)24-32)36-18-22-50-45(26-36)42-11-5-7-14-48(42)61(50)52-28-39(31-60)44(54-38(30-59)10-9-13-47(54)55(56,57)58)29-53(52)62-49-15-8-6-12-43(49)46-27-37(19-23-51(46)62)41-21-17-33(2)25-35(41)4/h5-29H,1-4H3. The molecule has 0 amide bonds. The Balaban J connectivity index is 1.34. The van der Waals surface area contributed by atoms with E-state index in [1.165, 1.54) is 23.3 Å². The molecule has 2 heterocycles. The van der Waals surface area contributed by atoms with Gasteiger partial charge in [0, 0.05) is 32.7 Å². The summed E-state index contributed by atoms with van der Waals surface area (Å²) in [6.07, 6.45) is -4.80. The molecule has 0 atom stereocenters. The van der Waals surface area contributed by atoms with Crippen molar-refractivity contribution >= 4 is 43.6 Å². The van der Waals surface area contributed by atoms with Crippen LogP contribution in [0.3, 0.4) is 0 Å². The van der Waals surface area contributed by atoms with Crippen LogP contribution in [0.25, 0.3) is 88.4 Å². The fourth-order valence-electron chi connectivity index (χ4n) is 9.48. The molecular weight excluding hydrogens is 774 g/mol. The van der Waals surface area contributed by atoms with Crippen molar-refractivity contribution in [1.82, 2.24) is 9.13 Å². The van der Waals surface area contributed by atoms with Crippen LogP contribution in [0.2, 0.25) is 0 Å². The summed E-state index contributed by atoms with van der Waals surface area (Å²) in [5.41, 5.74) is 12.1. The lowest BCUT2D eigenvalue weighted by atomic mass is 9.90. The highest BCUT2D eigenvalue weighted by Gasteiger charge is 2.36. The van der Waals surface area contributed by atoms with Crippen LogP contribution in [0.1, 0.15) is 38.9 Å². The molecule has 10 aromatic rings. The molecule has 298 valence electrons. The third-order valence-corrected chi connectivity index (χ3v) is 12.2. The first-order chi connectivity index (χ1) is 29.9. The van der Waals surface area contributed by atoms with Crippen molar-refractivity contribution in [2.24, 2.45) is 0 Å². The van der Waals surface area contributed by atoms with E-state index in [1.54, 1.807) is 12.1 Å². The summed E-state index contributed by atoms with van der Waals surface area (Å²) in [4.78, 5) is 0. The van der Waals surface area contributed by atoms with Crippen LogP contribution < -0.4 is 0 Å². The van der Waals surface area contributed by atoms with Gasteiger partial charge >= 0.3 is 6.18 Å². The third-order valence-electron chi connectivity index (χ3n) is 12.2. The summed E-state index contributed by atoms with van der Waals surface area (Å²) < 4.78 is 49.1. The van der Waals surface area contributed by atoms with Gasteiger partial charge in [-0.05, 0) is 122 Å². The fraction of sp³-hybridized carbons (Fsp3) is 0.0909. The van der Waals surface area contributed by atoms with Crippen molar-refractivity contribution in [3.63, 3.8) is 0 Å². The van der Waals surface area contributed by atoms with Crippen LogP contribution in [0.4, 0.5) is 13.2 Å². The number of aromatic nitrogens is 2. The summed E-state index contributed by atoms with van der Waals surface area (Å²) >= 11 is 0. The minimum atomic E-state index is -4.80. The summed E-state index contributed by atoms with van der Waals surface area (Å²) in [5, 5.41) is 25.1. The molecule has 0 spiro atoms. The number of hydrogen-bond acceptors (Lipinski definition) is 2. The highest BCUT2D eigenvalue weighted by atomic mass is 19.4. The van der Waals surface area contributed by atoms with Crippen LogP contribution in [0, 0.1) is 50.4 Å². The Morgan fingerprint density at radius 3 is 1.40 bits per heavy atom. The molecule has 10 rings (SSSR count). The zero-order chi connectivity index (χ0) is 43.0. The molecule has 0 saturated heterocycles. The second kappa shape index (κ2) is 14.4. The highest BCUT2D eigenvalue weighted by Crippen LogP contribution is 2.45. The minimum absolute atomic E-state index is 0.00711. The second-order valence-corrected chi connectivity index (χ2v) is 16.1. The van der Waals surface area contributed by atoms with Gasteiger partial charge in [0.15, 0.2) is 0 Å². The zero-order valence-corrected chi connectivity index (χ0v) is 34.4. The quantitative estimate of drug-likeness (QED) is 0.174. The van der Waals surface area contributed by atoms with Crippen LogP contribution in [-0.4, -0.2) is 9.13 Å². The lowest BCUT2D eigenvalue weighted by Crippen LogP contribution is -2.10. The van der Waals surface area contributed by atoms with E-state index in [2.05, 4.69) is 128 Å². The Hall–Kier alpha value is -7.87. The molecule has 0 unspecified atom stereocenters. The molecule has 0 radical (unpaired) electrons. The van der Waals surface area contributed by atoms with E-state index in [0.717, 1.165) is 83.1 Å². The van der Waals surface area contributed by atoms with Crippen molar-refractivity contribution in [3.8, 4) is 56.9 Å². The molecule has 0 saturated carbocycles. The number of hydrogen-bond donors (Lipinski definition) is 0. The first-order valence-electron chi connectivity index (χ1n) is 20.4. The van der Waals surface area contributed by atoms with Crippen molar-refractivity contribution in [1.29, 1.82) is 10.5 Å². The number of alkyl halides is 3. The summed E-state index contributed by atoms with van der Waals surface area (Å²) in [5.74, 6) is 0. The number of nitriles is 2. The van der Waals surface area contributed by atoms with Gasteiger partial charge in [-0.1, -0.05) is 102 Å². The van der Waals surface area contributed by atoms with E-state index in [4.69, 9.17) is 0 Å².